The van der Waals surface area contributed by atoms with Crippen molar-refractivity contribution in [3.05, 3.63) is 165 Å². The lowest BCUT2D eigenvalue weighted by Crippen LogP contribution is -2.19. The molecule has 6 rings (SSSR count). The van der Waals surface area contributed by atoms with Gasteiger partial charge in [0.25, 0.3) is 0 Å². The number of hydrogen-bond donors (Lipinski definition) is 2. The average Bonchev–Trinajstić information content (AvgIpc) is 3.56. The molecule has 0 saturated carbocycles. The molecule has 0 aliphatic carbocycles. The lowest BCUT2D eigenvalue weighted by Gasteiger charge is -2.15. The van der Waals surface area contributed by atoms with Crippen molar-refractivity contribution in [3.63, 3.8) is 0 Å². The molecule has 0 bridgehead atoms. The maximum Gasteiger partial charge on any atom is 0.431 e. The molecule has 0 aliphatic rings. The van der Waals surface area contributed by atoms with Crippen molar-refractivity contribution in [2.24, 2.45) is 0 Å². The van der Waals surface area contributed by atoms with Crippen LogP contribution in [0.4, 0.5) is 13.2 Å². The minimum atomic E-state index is -4.70. The van der Waals surface area contributed by atoms with Gasteiger partial charge in [-0.3, -0.25) is 0 Å². The van der Waals surface area contributed by atoms with Crippen LogP contribution in [0.2, 0.25) is 10.0 Å². The number of nitrogens with zero attached hydrogens (tertiary/aromatic N) is 2. The summed E-state index contributed by atoms with van der Waals surface area (Å²) in [6, 6.07) is 31.6. The first-order valence-corrected chi connectivity index (χ1v) is 16.1. The second kappa shape index (κ2) is 15.1. The normalized spacial score (nSPS) is 11.2. The van der Waals surface area contributed by atoms with E-state index < -0.39 is 29.5 Å². The number of alkyl halides is 3. The second-order valence-corrected chi connectivity index (χ2v) is 12.4. The molecule has 0 fully saturated rings. The van der Waals surface area contributed by atoms with Crippen LogP contribution in [-0.2, 0) is 19.3 Å². The van der Waals surface area contributed by atoms with Crippen molar-refractivity contribution in [1.82, 2.24) is 9.13 Å². The summed E-state index contributed by atoms with van der Waals surface area (Å²) >= 11 is 11.8. The molecule has 50 heavy (non-hydrogen) atoms. The van der Waals surface area contributed by atoms with Gasteiger partial charge in [-0.15, -0.1) is 0 Å². The molecule has 0 aliphatic heterocycles. The number of aromatic nitrogens is 2. The van der Waals surface area contributed by atoms with E-state index in [0.717, 1.165) is 26.8 Å². The summed E-state index contributed by atoms with van der Waals surface area (Å²) in [4.78, 5) is 23.8. The van der Waals surface area contributed by atoms with E-state index in [-0.39, 0.29) is 17.7 Å². The zero-order chi connectivity index (χ0) is 36.2. The van der Waals surface area contributed by atoms with Gasteiger partial charge in [-0.2, -0.15) is 13.2 Å². The number of carbonyl (C=O) groups is 2. The number of rotatable bonds is 8. The van der Waals surface area contributed by atoms with E-state index in [0.29, 0.717) is 33.4 Å². The summed E-state index contributed by atoms with van der Waals surface area (Å²) in [7, 11) is 0. The highest BCUT2D eigenvalue weighted by atomic mass is 35.5. The summed E-state index contributed by atoms with van der Waals surface area (Å²) in [5, 5.41) is 20.5. The highest BCUT2D eigenvalue weighted by Crippen LogP contribution is 2.41. The maximum absolute atomic E-state index is 13.8. The number of aryl methyl sites for hydroxylation is 1. The van der Waals surface area contributed by atoms with Crippen molar-refractivity contribution in [2.45, 2.75) is 33.1 Å². The van der Waals surface area contributed by atoms with E-state index in [1.165, 1.54) is 31.2 Å². The molecular weight excluding hydrogens is 688 g/mol. The Bertz CT molecular complexity index is 2120. The third-order valence-corrected chi connectivity index (χ3v) is 8.60. The van der Waals surface area contributed by atoms with Crippen LogP contribution >= 0.6 is 23.2 Å². The van der Waals surface area contributed by atoms with E-state index in [1.54, 1.807) is 47.0 Å². The van der Waals surface area contributed by atoms with Gasteiger partial charge in [0.1, 0.15) is 17.1 Å². The Balaban J connectivity index is 0.000000197. The standard InChI is InChI=1S/C20H15ClF3NO2.C19H16ClNO2/c1-12-16(14-7-9-15(21)10-8-14)17(19(26)27)25(18(12)20(22,23)24)11-13-5-3-2-4-6-13;1-13-11-21(12-14-5-3-2-4-6-14)18(19(22)23)17(13)15-7-9-16(20)10-8-15/h2-10H,11H2,1H3,(H,26,27);2-11H,12H2,1H3,(H,22,23). The first-order valence-electron chi connectivity index (χ1n) is 15.3. The monoisotopic (exact) mass is 718 g/mol. The summed E-state index contributed by atoms with van der Waals surface area (Å²) in [5.41, 5.74) is 3.39. The molecule has 11 heteroatoms. The lowest BCUT2D eigenvalue weighted by molar-refractivity contribution is -0.143. The molecule has 256 valence electrons. The molecule has 0 spiro atoms. The lowest BCUT2D eigenvalue weighted by atomic mass is 10.0. The van der Waals surface area contributed by atoms with Gasteiger partial charge in [0.05, 0.1) is 0 Å². The van der Waals surface area contributed by atoms with Crippen LogP contribution in [0.15, 0.2) is 115 Å². The molecule has 0 amide bonds. The van der Waals surface area contributed by atoms with E-state index in [9.17, 15) is 33.0 Å². The van der Waals surface area contributed by atoms with Crippen LogP contribution in [0.25, 0.3) is 22.3 Å². The highest BCUT2D eigenvalue weighted by molar-refractivity contribution is 6.31. The van der Waals surface area contributed by atoms with Gasteiger partial charge in [0, 0.05) is 40.5 Å². The van der Waals surface area contributed by atoms with Crippen molar-refractivity contribution >= 4 is 35.1 Å². The highest BCUT2D eigenvalue weighted by Gasteiger charge is 2.41. The number of carboxylic acids is 2. The fourth-order valence-electron chi connectivity index (χ4n) is 6.04. The van der Waals surface area contributed by atoms with E-state index in [4.69, 9.17) is 23.2 Å². The van der Waals surface area contributed by atoms with Crippen LogP contribution in [0.1, 0.15) is 48.9 Å². The Morgan fingerprint density at radius 2 is 1.08 bits per heavy atom. The zero-order valence-electron chi connectivity index (χ0n) is 26.9. The smallest absolute Gasteiger partial charge is 0.431 e. The maximum atomic E-state index is 13.8. The number of halogens is 5. The Hall–Kier alpha value is -5.25. The minimum absolute atomic E-state index is 0.0439. The van der Waals surface area contributed by atoms with Crippen LogP contribution in [0, 0.1) is 13.8 Å². The van der Waals surface area contributed by atoms with E-state index in [2.05, 4.69) is 0 Å². The van der Waals surface area contributed by atoms with Crippen molar-refractivity contribution in [2.75, 3.05) is 0 Å². The molecule has 0 radical (unpaired) electrons. The molecule has 6 nitrogen and oxygen atoms in total. The SMILES string of the molecule is Cc1c(-c2ccc(Cl)cc2)c(C(=O)O)n(Cc2ccccc2)c1C(F)(F)F.Cc1cn(Cc2ccccc2)c(C(=O)O)c1-c1ccc(Cl)cc1. The fraction of sp³-hybridized carbons (Fsp3) is 0.128. The van der Waals surface area contributed by atoms with Crippen molar-refractivity contribution in [1.29, 1.82) is 0 Å². The van der Waals surface area contributed by atoms with Gasteiger partial charge in [-0.1, -0.05) is 108 Å². The van der Waals surface area contributed by atoms with Crippen LogP contribution < -0.4 is 0 Å². The van der Waals surface area contributed by atoms with Crippen LogP contribution in [0.5, 0.6) is 0 Å². The van der Waals surface area contributed by atoms with Gasteiger partial charge in [0.15, 0.2) is 0 Å². The largest absolute Gasteiger partial charge is 0.477 e. The summed E-state index contributed by atoms with van der Waals surface area (Å²) < 4.78 is 44.1. The van der Waals surface area contributed by atoms with E-state index in [1.807, 2.05) is 55.6 Å². The minimum Gasteiger partial charge on any atom is -0.477 e. The molecule has 0 atom stereocenters. The van der Waals surface area contributed by atoms with Gasteiger partial charge >= 0.3 is 18.1 Å². The predicted molar refractivity (Wildman–Crippen MR) is 189 cm³/mol. The molecule has 6 aromatic rings. The van der Waals surface area contributed by atoms with E-state index >= 15 is 0 Å². The molecule has 2 heterocycles. The van der Waals surface area contributed by atoms with Gasteiger partial charge in [-0.05, 0) is 71.5 Å². The zero-order valence-corrected chi connectivity index (χ0v) is 28.4. The summed E-state index contributed by atoms with van der Waals surface area (Å²) in [6.45, 7) is 3.54. The molecule has 2 N–H and O–H groups in total. The first-order chi connectivity index (χ1) is 23.8. The van der Waals surface area contributed by atoms with Gasteiger partial charge in [-0.25, -0.2) is 9.59 Å². The number of aromatic carboxylic acids is 2. The molecule has 4 aromatic carbocycles. The van der Waals surface area contributed by atoms with Crippen LogP contribution in [-0.4, -0.2) is 31.3 Å². The fourth-order valence-corrected chi connectivity index (χ4v) is 6.29. The Kier molecular flexibility index (Phi) is 10.9. The van der Waals surface area contributed by atoms with Gasteiger partial charge in [0.2, 0.25) is 0 Å². The summed E-state index contributed by atoms with van der Waals surface area (Å²) in [5.74, 6) is -2.35. The number of benzene rings is 4. The predicted octanol–water partition coefficient (Wildman–Crippen LogP) is 10.7. The molecular formula is C39H31Cl2F3N2O4. The molecule has 2 aromatic heterocycles. The van der Waals surface area contributed by atoms with Crippen LogP contribution in [0.3, 0.4) is 0 Å². The Labute approximate surface area is 296 Å². The topological polar surface area (TPSA) is 84.5 Å². The first kappa shape index (κ1) is 36.0. The van der Waals surface area contributed by atoms with Crippen molar-refractivity contribution in [3.8, 4) is 22.3 Å². The van der Waals surface area contributed by atoms with Gasteiger partial charge < -0.3 is 19.3 Å². The Morgan fingerprint density at radius 1 is 0.640 bits per heavy atom. The third kappa shape index (κ3) is 7.96. The molecule has 0 unspecified atom stereocenters. The Morgan fingerprint density at radius 3 is 1.52 bits per heavy atom. The summed E-state index contributed by atoms with van der Waals surface area (Å²) in [6.07, 6.45) is -2.81. The quantitative estimate of drug-likeness (QED) is 0.164. The number of hydrogen-bond acceptors (Lipinski definition) is 2. The average molecular weight is 720 g/mol. The molecule has 0 saturated heterocycles. The second-order valence-electron chi connectivity index (χ2n) is 11.5. The number of carboxylic acid groups (broad SMARTS) is 2. The van der Waals surface area contributed by atoms with Crippen molar-refractivity contribution < 1.29 is 33.0 Å². The third-order valence-electron chi connectivity index (χ3n) is 8.09.